The molecule has 0 spiro atoms. The second kappa shape index (κ2) is 4.80. The molecule has 1 rings (SSSR count). The first-order valence-corrected chi connectivity index (χ1v) is 4.63. The second-order valence-corrected chi connectivity index (χ2v) is 3.65. The van der Waals surface area contributed by atoms with E-state index < -0.39 is 0 Å². The number of nitrogens with one attached hydrogen (secondary N) is 1. The summed E-state index contributed by atoms with van der Waals surface area (Å²) in [5, 5.41) is 12.2. The summed E-state index contributed by atoms with van der Waals surface area (Å²) in [6.07, 6.45) is 2.61. The average molecular weight is 173 g/mol. The van der Waals surface area contributed by atoms with Crippen molar-refractivity contribution in [2.45, 2.75) is 31.8 Å². The number of aliphatic hydroxyl groups excluding tert-OH is 1. The lowest BCUT2D eigenvalue weighted by atomic mass is 10.2. The zero-order valence-electron chi connectivity index (χ0n) is 7.92. The Balaban J connectivity index is 2.22. The zero-order chi connectivity index (χ0) is 8.97. The summed E-state index contributed by atoms with van der Waals surface area (Å²) < 4.78 is 5.11. The first-order chi connectivity index (χ1) is 5.77. The van der Waals surface area contributed by atoms with Gasteiger partial charge in [-0.15, -0.1) is 0 Å². The van der Waals surface area contributed by atoms with Crippen LogP contribution >= 0.6 is 0 Å². The molecule has 72 valence electrons. The largest absolute Gasteiger partial charge is 0.395 e. The topological polar surface area (TPSA) is 41.5 Å². The van der Waals surface area contributed by atoms with Crippen LogP contribution in [0.4, 0.5) is 0 Å². The number of hydrogen-bond donors (Lipinski definition) is 2. The van der Waals surface area contributed by atoms with Gasteiger partial charge in [-0.1, -0.05) is 0 Å². The van der Waals surface area contributed by atoms with Gasteiger partial charge in [0.05, 0.1) is 13.2 Å². The van der Waals surface area contributed by atoms with Crippen molar-refractivity contribution in [2.24, 2.45) is 5.92 Å². The van der Waals surface area contributed by atoms with E-state index in [4.69, 9.17) is 9.84 Å². The maximum absolute atomic E-state index is 8.85. The molecule has 0 bridgehead atoms. The predicted molar refractivity (Wildman–Crippen MR) is 48.1 cm³/mol. The second-order valence-electron chi connectivity index (χ2n) is 3.65. The summed E-state index contributed by atoms with van der Waals surface area (Å²) in [6, 6.07) is 0.628. The number of rotatable bonds is 6. The quantitative estimate of drug-likeness (QED) is 0.610. The van der Waals surface area contributed by atoms with E-state index in [0.717, 1.165) is 12.5 Å². The molecule has 1 saturated carbocycles. The van der Waals surface area contributed by atoms with Crippen molar-refractivity contribution in [2.75, 3.05) is 20.3 Å². The van der Waals surface area contributed by atoms with Gasteiger partial charge in [0.15, 0.2) is 0 Å². The molecule has 2 unspecified atom stereocenters. The van der Waals surface area contributed by atoms with Crippen molar-refractivity contribution in [1.82, 2.24) is 5.32 Å². The van der Waals surface area contributed by atoms with E-state index in [9.17, 15) is 0 Å². The minimum atomic E-state index is 0.186. The van der Waals surface area contributed by atoms with Crippen LogP contribution in [0, 0.1) is 5.92 Å². The minimum Gasteiger partial charge on any atom is -0.395 e. The third kappa shape index (κ3) is 3.09. The van der Waals surface area contributed by atoms with Crippen molar-refractivity contribution in [3.63, 3.8) is 0 Å². The third-order valence-electron chi connectivity index (χ3n) is 2.31. The van der Waals surface area contributed by atoms with E-state index in [1.165, 1.54) is 12.8 Å². The van der Waals surface area contributed by atoms with E-state index in [1.807, 2.05) is 6.92 Å². The van der Waals surface area contributed by atoms with Crippen molar-refractivity contribution < 1.29 is 9.84 Å². The Hall–Kier alpha value is -0.120. The van der Waals surface area contributed by atoms with Gasteiger partial charge in [-0.25, -0.2) is 0 Å². The van der Waals surface area contributed by atoms with Crippen LogP contribution in [0.15, 0.2) is 0 Å². The summed E-state index contributed by atoms with van der Waals surface area (Å²) >= 11 is 0. The smallest absolute Gasteiger partial charge is 0.0618 e. The van der Waals surface area contributed by atoms with Crippen LogP contribution in [-0.2, 0) is 4.74 Å². The van der Waals surface area contributed by atoms with Gasteiger partial charge < -0.3 is 15.2 Å². The van der Waals surface area contributed by atoms with Gasteiger partial charge in [0, 0.05) is 19.2 Å². The van der Waals surface area contributed by atoms with Crippen molar-refractivity contribution in [1.29, 1.82) is 0 Å². The molecule has 3 heteroatoms. The SMILES string of the molecule is COCC(NC(C)CO)C1CC1. The van der Waals surface area contributed by atoms with E-state index in [1.54, 1.807) is 7.11 Å². The molecule has 0 heterocycles. The van der Waals surface area contributed by atoms with Gasteiger partial charge in [0.1, 0.15) is 0 Å². The number of hydrogen-bond acceptors (Lipinski definition) is 3. The fourth-order valence-electron chi connectivity index (χ4n) is 1.42. The molecule has 0 saturated heterocycles. The molecule has 0 aliphatic heterocycles. The first kappa shape index (κ1) is 9.96. The molecule has 2 atom stereocenters. The van der Waals surface area contributed by atoms with Crippen molar-refractivity contribution in [3.05, 3.63) is 0 Å². The van der Waals surface area contributed by atoms with Gasteiger partial charge >= 0.3 is 0 Å². The van der Waals surface area contributed by atoms with E-state index >= 15 is 0 Å². The maximum Gasteiger partial charge on any atom is 0.0618 e. The van der Waals surface area contributed by atoms with Gasteiger partial charge in [-0.05, 0) is 25.7 Å². The van der Waals surface area contributed by atoms with Gasteiger partial charge in [-0.3, -0.25) is 0 Å². The number of aliphatic hydroxyl groups is 1. The molecule has 0 aromatic heterocycles. The normalized spacial score (nSPS) is 22.2. The lowest BCUT2D eigenvalue weighted by molar-refractivity contribution is 0.142. The Kier molecular flexibility index (Phi) is 3.98. The summed E-state index contributed by atoms with van der Waals surface area (Å²) in [6.45, 7) is 2.95. The van der Waals surface area contributed by atoms with E-state index in [-0.39, 0.29) is 12.6 Å². The highest BCUT2D eigenvalue weighted by molar-refractivity contribution is 4.87. The predicted octanol–water partition coefficient (Wildman–Crippen LogP) is 0.382. The fraction of sp³-hybridized carbons (Fsp3) is 1.00. The highest BCUT2D eigenvalue weighted by Gasteiger charge is 2.31. The molecule has 0 radical (unpaired) electrons. The molecule has 1 aliphatic rings. The van der Waals surface area contributed by atoms with Gasteiger partial charge in [0.25, 0.3) is 0 Å². The molecule has 3 nitrogen and oxygen atoms in total. The Morgan fingerprint density at radius 1 is 1.58 bits per heavy atom. The molecular formula is C9H19NO2. The van der Waals surface area contributed by atoms with Crippen LogP contribution in [-0.4, -0.2) is 37.5 Å². The summed E-state index contributed by atoms with van der Waals surface area (Å²) in [7, 11) is 1.72. The molecule has 12 heavy (non-hydrogen) atoms. The van der Waals surface area contributed by atoms with Crippen molar-refractivity contribution >= 4 is 0 Å². The molecule has 0 amide bonds. The molecule has 2 N–H and O–H groups in total. The molecule has 0 aromatic rings. The standard InChI is InChI=1S/C9H19NO2/c1-7(5-11)10-9(6-12-2)8-3-4-8/h7-11H,3-6H2,1-2H3. The summed E-state index contributed by atoms with van der Waals surface area (Å²) in [5.74, 6) is 0.777. The van der Waals surface area contributed by atoms with Crippen LogP contribution in [0.25, 0.3) is 0 Å². The Morgan fingerprint density at radius 3 is 2.67 bits per heavy atom. The van der Waals surface area contributed by atoms with Crippen LogP contribution < -0.4 is 5.32 Å². The summed E-state index contributed by atoms with van der Waals surface area (Å²) in [5.41, 5.74) is 0. The maximum atomic E-state index is 8.85. The van der Waals surface area contributed by atoms with Crippen LogP contribution in [0.3, 0.4) is 0 Å². The van der Waals surface area contributed by atoms with Crippen LogP contribution in [0.5, 0.6) is 0 Å². The van der Waals surface area contributed by atoms with Crippen molar-refractivity contribution in [3.8, 4) is 0 Å². The molecule has 1 aliphatic carbocycles. The first-order valence-electron chi connectivity index (χ1n) is 4.63. The lowest BCUT2D eigenvalue weighted by Gasteiger charge is -2.21. The fourth-order valence-corrected chi connectivity index (χ4v) is 1.42. The Morgan fingerprint density at radius 2 is 2.25 bits per heavy atom. The highest BCUT2D eigenvalue weighted by Crippen LogP contribution is 2.32. The molecule has 0 aromatic carbocycles. The Labute approximate surface area is 74.1 Å². The van der Waals surface area contributed by atoms with Gasteiger partial charge in [0.2, 0.25) is 0 Å². The summed E-state index contributed by atoms with van der Waals surface area (Å²) in [4.78, 5) is 0. The van der Waals surface area contributed by atoms with Crippen LogP contribution in [0.1, 0.15) is 19.8 Å². The molecule has 1 fully saturated rings. The van der Waals surface area contributed by atoms with E-state index in [2.05, 4.69) is 5.32 Å². The number of methoxy groups -OCH3 is 1. The average Bonchev–Trinajstić information content (AvgIpc) is 2.86. The Bertz CT molecular complexity index is 126. The van der Waals surface area contributed by atoms with Gasteiger partial charge in [-0.2, -0.15) is 0 Å². The number of ether oxygens (including phenoxy) is 1. The zero-order valence-corrected chi connectivity index (χ0v) is 7.92. The third-order valence-corrected chi connectivity index (χ3v) is 2.31. The minimum absolute atomic E-state index is 0.186. The molecular weight excluding hydrogens is 154 g/mol. The monoisotopic (exact) mass is 173 g/mol. The highest BCUT2D eigenvalue weighted by atomic mass is 16.5. The van der Waals surface area contributed by atoms with Crippen LogP contribution in [0.2, 0.25) is 0 Å². The van der Waals surface area contributed by atoms with E-state index in [0.29, 0.717) is 6.04 Å². The lowest BCUT2D eigenvalue weighted by Crippen LogP contribution is -2.42.